The Morgan fingerprint density at radius 3 is 1.50 bits per heavy atom. The molecule has 0 spiro atoms. The van der Waals surface area contributed by atoms with Crippen molar-refractivity contribution in [1.29, 1.82) is 0 Å². The summed E-state index contributed by atoms with van der Waals surface area (Å²) in [6.45, 7) is 4.02. The van der Waals surface area contributed by atoms with E-state index in [-0.39, 0.29) is 23.3 Å². The molecule has 0 aliphatic carbocycles. The molecule has 2 amide bonds. The van der Waals surface area contributed by atoms with Gasteiger partial charge in [0.2, 0.25) is 11.8 Å². The van der Waals surface area contributed by atoms with E-state index < -0.39 is 0 Å². The summed E-state index contributed by atoms with van der Waals surface area (Å²) in [5.74, 6) is 0.278. The lowest BCUT2D eigenvalue weighted by molar-refractivity contribution is -0.114. The first kappa shape index (κ1) is 25.5. The molecule has 10 nitrogen and oxygen atoms in total. The number of rotatable bonds is 9. The quantitative estimate of drug-likeness (QED) is 0.320. The van der Waals surface area contributed by atoms with E-state index in [0.29, 0.717) is 10.3 Å². The summed E-state index contributed by atoms with van der Waals surface area (Å²) in [6, 6.07) is 11.7. The summed E-state index contributed by atoms with van der Waals surface area (Å²) in [6.07, 6.45) is 3.21. The maximum atomic E-state index is 12.4. The number of anilines is 2. The summed E-state index contributed by atoms with van der Waals surface area (Å²) in [5, 5.41) is 22.8. The minimum absolute atomic E-state index is 0.108. The molecular weight excluding hydrogens is 496 g/mol. The summed E-state index contributed by atoms with van der Waals surface area (Å²) in [7, 11) is 3.68. The first-order valence-corrected chi connectivity index (χ1v) is 13.0. The highest BCUT2D eigenvalue weighted by atomic mass is 32.2. The van der Waals surface area contributed by atoms with Crippen LogP contribution in [0.25, 0.3) is 11.1 Å². The van der Waals surface area contributed by atoms with Gasteiger partial charge in [-0.25, -0.2) is 0 Å². The van der Waals surface area contributed by atoms with Crippen molar-refractivity contribution >= 4 is 46.7 Å². The van der Waals surface area contributed by atoms with Crippen LogP contribution >= 0.6 is 23.5 Å². The van der Waals surface area contributed by atoms with Crippen LogP contribution in [0.5, 0.6) is 0 Å². The Morgan fingerprint density at radius 2 is 1.17 bits per heavy atom. The zero-order chi connectivity index (χ0) is 25.7. The molecule has 0 radical (unpaired) electrons. The van der Waals surface area contributed by atoms with Crippen LogP contribution < -0.4 is 10.6 Å². The maximum absolute atomic E-state index is 12.4. The number of carbonyl (C=O) groups is 2. The fourth-order valence-corrected chi connectivity index (χ4v) is 4.92. The van der Waals surface area contributed by atoms with Crippen molar-refractivity contribution in [3.63, 3.8) is 0 Å². The largest absolute Gasteiger partial charge is 0.325 e. The van der Waals surface area contributed by atoms with E-state index in [1.54, 1.807) is 21.8 Å². The van der Waals surface area contributed by atoms with E-state index in [4.69, 9.17) is 0 Å². The van der Waals surface area contributed by atoms with Crippen LogP contribution in [-0.4, -0.2) is 52.8 Å². The van der Waals surface area contributed by atoms with Crippen molar-refractivity contribution in [1.82, 2.24) is 29.5 Å². The topological polar surface area (TPSA) is 120 Å². The average Bonchev–Trinajstić information content (AvgIpc) is 3.44. The molecule has 186 valence electrons. The summed E-state index contributed by atoms with van der Waals surface area (Å²) in [4.78, 5) is 24.7. The Balaban J connectivity index is 1.36. The molecule has 2 N–H and O–H groups in total. The number of aromatic nitrogens is 6. The standard InChI is InChI=1S/C24H26N8O2S2/c1-15-9-17(27-21(33)11-35-23-29-25-13-31(23)3)5-7-19(15)20-8-6-18(10-16(20)2)28-22(34)12-36-24-30-26-14-32(24)4/h5-10,13-14H,11-12H2,1-4H3,(H,27,33)(H,28,34). The minimum atomic E-state index is -0.108. The van der Waals surface area contributed by atoms with Gasteiger partial charge < -0.3 is 19.8 Å². The number of hydrogen-bond acceptors (Lipinski definition) is 8. The molecule has 4 aromatic rings. The van der Waals surface area contributed by atoms with Gasteiger partial charge in [-0.3, -0.25) is 9.59 Å². The van der Waals surface area contributed by atoms with Gasteiger partial charge >= 0.3 is 0 Å². The Bertz CT molecular complexity index is 1290. The number of benzene rings is 2. The van der Waals surface area contributed by atoms with E-state index in [0.717, 1.165) is 33.6 Å². The number of nitrogens with one attached hydrogen (secondary N) is 2. The molecule has 0 bridgehead atoms. The van der Waals surface area contributed by atoms with Crippen molar-refractivity contribution in [2.75, 3.05) is 22.1 Å². The molecule has 2 aromatic heterocycles. The van der Waals surface area contributed by atoms with Crippen molar-refractivity contribution in [2.45, 2.75) is 24.2 Å². The van der Waals surface area contributed by atoms with Crippen LogP contribution in [0.2, 0.25) is 0 Å². The molecule has 0 saturated carbocycles. The second-order valence-corrected chi connectivity index (χ2v) is 10.1. The van der Waals surface area contributed by atoms with Crippen LogP contribution in [0.1, 0.15) is 11.1 Å². The van der Waals surface area contributed by atoms with Crippen molar-refractivity contribution in [3.8, 4) is 11.1 Å². The van der Waals surface area contributed by atoms with Crippen molar-refractivity contribution in [2.24, 2.45) is 14.1 Å². The Hall–Kier alpha value is -3.64. The van der Waals surface area contributed by atoms with E-state index in [9.17, 15) is 9.59 Å². The van der Waals surface area contributed by atoms with Crippen LogP contribution in [0.4, 0.5) is 11.4 Å². The van der Waals surface area contributed by atoms with Gasteiger partial charge in [-0.05, 0) is 60.4 Å². The van der Waals surface area contributed by atoms with E-state index in [1.165, 1.54) is 23.5 Å². The predicted molar refractivity (Wildman–Crippen MR) is 142 cm³/mol. The average molecular weight is 523 g/mol. The number of nitrogens with zero attached hydrogens (tertiary/aromatic N) is 6. The van der Waals surface area contributed by atoms with Gasteiger partial charge in [0.05, 0.1) is 11.5 Å². The normalized spacial score (nSPS) is 10.9. The van der Waals surface area contributed by atoms with E-state index in [1.807, 2.05) is 64.3 Å². The SMILES string of the molecule is Cc1cc(NC(=O)CSc2nncn2C)ccc1-c1ccc(NC(=O)CSc2nncn2C)cc1C. The second kappa shape index (κ2) is 11.4. The number of amides is 2. The Morgan fingerprint density at radius 1 is 0.750 bits per heavy atom. The summed E-state index contributed by atoms with van der Waals surface area (Å²) in [5.41, 5.74) is 5.68. The Kier molecular flexibility index (Phi) is 8.06. The van der Waals surface area contributed by atoms with Gasteiger partial charge in [-0.2, -0.15) is 0 Å². The molecule has 36 heavy (non-hydrogen) atoms. The zero-order valence-electron chi connectivity index (χ0n) is 20.3. The molecule has 2 aromatic carbocycles. The first-order chi connectivity index (χ1) is 17.3. The van der Waals surface area contributed by atoms with Crippen LogP contribution in [-0.2, 0) is 23.7 Å². The van der Waals surface area contributed by atoms with Gasteiger partial charge in [-0.15, -0.1) is 20.4 Å². The lowest BCUT2D eigenvalue weighted by atomic mass is 9.96. The molecule has 0 saturated heterocycles. The third-order valence-electron chi connectivity index (χ3n) is 5.31. The lowest BCUT2D eigenvalue weighted by Gasteiger charge is -2.14. The number of carbonyl (C=O) groups excluding carboxylic acids is 2. The molecular formula is C24H26N8O2S2. The third-order valence-corrected chi connectivity index (χ3v) is 7.38. The molecule has 0 fully saturated rings. The molecule has 0 aliphatic rings. The van der Waals surface area contributed by atoms with E-state index in [2.05, 4.69) is 31.0 Å². The number of hydrogen-bond donors (Lipinski definition) is 2. The maximum Gasteiger partial charge on any atom is 0.234 e. The fraction of sp³-hybridized carbons (Fsp3) is 0.250. The Labute approximate surface area is 217 Å². The second-order valence-electron chi connectivity index (χ2n) is 8.18. The number of thioether (sulfide) groups is 2. The molecule has 0 atom stereocenters. The monoisotopic (exact) mass is 522 g/mol. The molecule has 4 rings (SSSR count). The van der Waals surface area contributed by atoms with Crippen LogP contribution in [0.15, 0.2) is 59.4 Å². The van der Waals surface area contributed by atoms with E-state index >= 15 is 0 Å². The van der Waals surface area contributed by atoms with Crippen LogP contribution in [0.3, 0.4) is 0 Å². The van der Waals surface area contributed by atoms with Gasteiger partial charge in [0, 0.05) is 25.5 Å². The van der Waals surface area contributed by atoms with Crippen molar-refractivity contribution in [3.05, 3.63) is 60.2 Å². The smallest absolute Gasteiger partial charge is 0.234 e. The molecule has 12 heteroatoms. The third kappa shape index (κ3) is 6.32. The highest BCUT2D eigenvalue weighted by Gasteiger charge is 2.12. The highest BCUT2D eigenvalue weighted by molar-refractivity contribution is 8.00. The minimum Gasteiger partial charge on any atom is -0.325 e. The summed E-state index contributed by atoms with van der Waals surface area (Å²) < 4.78 is 3.55. The molecule has 2 heterocycles. The first-order valence-electron chi connectivity index (χ1n) is 11.0. The van der Waals surface area contributed by atoms with Gasteiger partial charge in [-0.1, -0.05) is 35.7 Å². The van der Waals surface area contributed by atoms with Gasteiger partial charge in [0.25, 0.3) is 0 Å². The predicted octanol–water partition coefficient (Wildman–Crippen LogP) is 3.69. The van der Waals surface area contributed by atoms with Gasteiger partial charge in [0.1, 0.15) is 12.7 Å². The zero-order valence-corrected chi connectivity index (χ0v) is 22.0. The van der Waals surface area contributed by atoms with Gasteiger partial charge in [0.15, 0.2) is 10.3 Å². The lowest BCUT2D eigenvalue weighted by Crippen LogP contribution is -2.15. The van der Waals surface area contributed by atoms with Crippen molar-refractivity contribution < 1.29 is 9.59 Å². The summed E-state index contributed by atoms with van der Waals surface area (Å²) >= 11 is 2.67. The van der Waals surface area contributed by atoms with Crippen LogP contribution in [0, 0.1) is 13.8 Å². The molecule has 0 aliphatic heterocycles. The molecule has 0 unspecified atom stereocenters. The highest BCUT2D eigenvalue weighted by Crippen LogP contribution is 2.30. The fourth-order valence-electron chi connectivity index (χ4n) is 3.55. The number of aryl methyl sites for hydroxylation is 4.